The van der Waals surface area contributed by atoms with Crippen LogP contribution in [0.15, 0.2) is 77.1 Å². The third-order valence-corrected chi connectivity index (χ3v) is 5.76. The normalized spacial score (nSPS) is 21.4. The minimum atomic E-state index is -0.271. The van der Waals surface area contributed by atoms with Crippen molar-refractivity contribution in [1.29, 1.82) is 0 Å². The summed E-state index contributed by atoms with van der Waals surface area (Å²) in [6, 6.07) is 5.09. The molecule has 0 atom stereocenters. The first-order valence-corrected chi connectivity index (χ1v) is 10.5. The van der Waals surface area contributed by atoms with Crippen LogP contribution in [-0.2, 0) is 4.79 Å². The Morgan fingerprint density at radius 1 is 1.11 bits per heavy atom. The average molecular weight is 396 g/mol. The van der Waals surface area contributed by atoms with Crippen LogP contribution in [0.3, 0.4) is 0 Å². The topological polar surface area (TPSA) is 35.6 Å². The Bertz CT molecular complexity index is 939. The van der Waals surface area contributed by atoms with E-state index in [9.17, 15) is 9.18 Å². The molecule has 3 heterocycles. The van der Waals surface area contributed by atoms with Gasteiger partial charge in [0.1, 0.15) is 5.82 Å². The molecule has 3 aliphatic rings. The van der Waals surface area contributed by atoms with E-state index in [1.54, 1.807) is 17.0 Å². The van der Waals surface area contributed by atoms with E-state index in [1.165, 1.54) is 17.8 Å². The van der Waals surface area contributed by atoms with Gasteiger partial charge in [0, 0.05) is 49.0 Å². The number of thioether (sulfide) groups is 1. The molecule has 4 rings (SSSR count). The standard InChI is InChI=1S/C22H22FN3OS/c1-28-21-8-5-17(13-20(21)23)16-3-2-4-18-6-7-19(15-26(18)22(27)14-16)25-11-9-24-10-12-25/h2-8,13-15,24H,9-12H2,1H3/b3-2?,16-14?,18-4+. The lowest BCUT2D eigenvalue weighted by molar-refractivity contribution is -0.122. The lowest BCUT2D eigenvalue weighted by Gasteiger charge is -2.33. The molecule has 1 aromatic carbocycles. The molecule has 1 saturated heterocycles. The van der Waals surface area contributed by atoms with Crippen LogP contribution in [-0.4, -0.2) is 48.1 Å². The number of hydrogen-bond acceptors (Lipinski definition) is 4. The Hall–Kier alpha value is -2.57. The number of hydrogen-bond donors (Lipinski definition) is 1. The van der Waals surface area contributed by atoms with Crippen LogP contribution in [0.2, 0.25) is 0 Å². The number of halogens is 1. The molecule has 0 aromatic heterocycles. The molecule has 0 bridgehead atoms. The van der Waals surface area contributed by atoms with Crippen molar-refractivity contribution < 1.29 is 9.18 Å². The third-order valence-electron chi connectivity index (χ3n) is 4.99. The summed E-state index contributed by atoms with van der Waals surface area (Å²) >= 11 is 1.37. The monoisotopic (exact) mass is 395 g/mol. The minimum absolute atomic E-state index is 0.142. The van der Waals surface area contributed by atoms with Crippen LogP contribution in [0.25, 0.3) is 5.57 Å². The molecule has 0 saturated carbocycles. The molecule has 1 amide bonds. The molecule has 3 aliphatic heterocycles. The molecule has 0 radical (unpaired) electrons. The van der Waals surface area contributed by atoms with Gasteiger partial charge in [-0.1, -0.05) is 18.2 Å². The van der Waals surface area contributed by atoms with Crippen LogP contribution in [0.1, 0.15) is 5.56 Å². The Kier molecular flexibility index (Phi) is 5.50. The highest BCUT2D eigenvalue weighted by Gasteiger charge is 2.21. The van der Waals surface area contributed by atoms with Crippen molar-refractivity contribution in [2.24, 2.45) is 0 Å². The number of amides is 1. The zero-order valence-electron chi connectivity index (χ0n) is 15.7. The predicted octanol–water partition coefficient (Wildman–Crippen LogP) is 3.53. The van der Waals surface area contributed by atoms with Crippen LogP contribution in [0.5, 0.6) is 0 Å². The smallest absolute Gasteiger partial charge is 0.255 e. The van der Waals surface area contributed by atoms with Gasteiger partial charge in [-0.3, -0.25) is 9.69 Å². The first kappa shape index (κ1) is 18.8. The number of benzene rings is 1. The highest BCUT2D eigenvalue weighted by molar-refractivity contribution is 7.98. The maximum Gasteiger partial charge on any atom is 0.255 e. The second-order valence-corrected chi connectivity index (χ2v) is 7.58. The number of rotatable bonds is 3. The summed E-state index contributed by atoms with van der Waals surface area (Å²) in [6.45, 7) is 3.71. The van der Waals surface area contributed by atoms with Gasteiger partial charge >= 0.3 is 0 Å². The Balaban J connectivity index is 1.65. The summed E-state index contributed by atoms with van der Waals surface area (Å²) in [7, 11) is 0. The molecule has 1 fully saturated rings. The van der Waals surface area contributed by atoms with Crippen molar-refractivity contribution >= 4 is 23.2 Å². The molecular weight excluding hydrogens is 373 g/mol. The van der Waals surface area contributed by atoms with Crippen molar-refractivity contribution in [2.45, 2.75) is 4.90 Å². The van der Waals surface area contributed by atoms with Gasteiger partial charge in [0.15, 0.2) is 0 Å². The quantitative estimate of drug-likeness (QED) is 0.795. The number of nitrogens with zero attached hydrogens (tertiary/aromatic N) is 2. The van der Waals surface area contributed by atoms with E-state index in [0.29, 0.717) is 16.0 Å². The molecular formula is C22H22FN3OS. The van der Waals surface area contributed by atoms with Gasteiger partial charge < -0.3 is 10.2 Å². The largest absolute Gasteiger partial charge is 0.368 e. The summed E-state index contributed by atoms with van der Waals surface area (Å²) in [5.41, 5.74) is 3.23. The van der Waals surface area contributed by atoms with Crippen LogP contribution in [0.4, 0.5) is 4.39 Å². The Labute approximate surface area is 168 Å². The predicted molar refractivity (Wildman–Crippen MR) is 112 cm³/mol. The lowest BCUT2D eigenvalue weighted by atomic mass is 10.0. The summed E-state index contributed by atoms with van der Waals surface area (Å²) in [4.78, 5) is 17.5. The first-order valence-electron chi connectivity index (χ1n) is 9.28. The third kappa shape index (κ3) is 3.84. The Morgan fingerprint density at radius 2 is 1.89 bits per heavy atom. The van der Waals surface area contributed by atoms with E-state index in [-0.39, 0.29) is 11.7 Å². The fourth-order valence-corrected chi connectivity index (χ4v) is 3.92. The van der Waals surface area contributed by atoms with Crippen LogP contribution in [0, 0.1) is 5.82 Å². The van der Waals surface area contributed by atoms with E-state index < -0.39 is 0 Å². The number of carbonyl (C=O) groups is 1. The lowest BCUT2D eigenvalue weighted by Crippen LogP contribution is -2.43. The van der Waals surface area contributed by atoms with E-state index in [1.807, 2.05) is 42.8 Å². The van der Waals surface area contributed by atoms with E-state index in [2.05, 4.69) is 16.3 Å². The van der Waals surface area contributed by atoms with Crippen molar-refractivity contribution in [2.75, 3.05) is 32.4 Å². The van der Waals surface area contributed by atoms with Crippen molar-refractivity contribution in [1.82, 2.24) is 15.1 Å². The molecule has 0 aliphatic carbocycles. The zero-order valence-corrected chi connectivity index (χ0v) is 16.5. The number of nitrogens with one attached hydrogen (secondary N) is 1. The van der Waals surface area contributed by atoms with Gasteiger partial charge in [0.05, 0.1) is 5.70 Å². The highest BCUT2D eigenvalue weighted by atomic mass is 32.2. The molecule has 0 unspecified atom stereocenters. The molecule has 4 nitrogen and oxygen atoms in total. The Morgan fingerprint density at radius 3 is 2.64 bits per heavy atom. The second-order valence-electron chi connectivity index (χ2n) is 6.73. The number of piperazine rings is 1. The molecule has 0 spiro atoms. The van der Waals surface area contributed by atoms with E-state index in [0.717, 1.165) is 37.6 Å². The fraction of sp³-hybridized carbons (Fsp3) is 0.227. The van der Waals surface area contributed by atoms with Crippen LogP contribution < -0.4 is 5.32 Å². The van der Waals surface area contributed by atoms with Gasteiger partial charge in [-0.15, -0.1) is 11.8 Å². The number of carbonyl (C=O) groups excluding carboxylic acids is 1. The van der Waals surface area contributed by atoms with Gasteiger partial charge in [0.2, 0.25) is 0 Å². The highest BCUT2D eigenvalue weighted by Crippen LogP contribution is 2.27. The summed E-state index contributed by atoms with van der Waals surface area (Å²) in [5, 5.41) is 3.34. The van der Waals surface area contributed by atoms with Gasteiger partial charge in [-0.25, -0.2) is 4.39 Å². The maximum atomic E-state index is 14.2. The molecule has 28 heavy (non-hydrogen) atoms. The van der Waals surface area contributed by atoms with Crippen molar-refractivity contribution in [3.8, 4) is 0 Å². The molecule has 1 N–H and O–H groups in total. The van der Waals surface area contributed by atoms with E-state index >= 15 is 0 Å². The summed E-state index contributed by atoms with van der Waals surface area (Å²) < 4.78 is 14.2. The van der Waals surface area contributed by atoms with Gasteiger partial charge in [-0.05, 0) is 47.8 Å². The fourth-order valence-electron chi connectivity index (χ4n) is 3.46. The minimum Gasteiger partial charge on any atom is -0.368 e. The van der Waals surface area contributed by atoms with Gasteiger partial charge in [-0.2, -0.15) is 0 Å². The number of fused-ring (bicyclic) bond motifs is 1. The second kappa shape index (κ2) is 8.20. The first-order chi connectivity index (χ1) is 13.7. The van der Waals surface area contributed by atoms with Crippen LogP contribution >= 0.6 is 11.8 Å². The molecule has 144 valence electrons. The van der Waals surface area contributed by atoms with E-state index in [4.69, 9.17) is 0 Å². The average Bonchev–Trinajstić information content (AvgIpc) is 2.72. The van der Waals surface area contributed by atoms with Gasteiger partial charge in [0.25, 0.3) is 5.91 Å². The SMILES string of the molecule is CSc1ccc(C2=CC(=O)N3C=C(N4CCNCC4)C=C/C3=C\C=C2)cc1F. The maximum absolute atomic E-state index is 14.2. The summed E-state index contributed by atoms with van der Waals surface area (Å²) in [5.74, 6) is -0.413. The van der Waals surface area contributed by atoms with Crippen molar-refractivity contribution in [3.05, 3.63) is 83.6 Å². The summed E-state index contributed by atoms with van der Waals surface area (Å²) in [6.07, 6.45) is 15.0. The number of allylic oxidation sites excluding steroid dienone is 6. The van der Waals surface area contributed by atoms with Crippen molar-refractivity contribution in [3.63, 3.8) is 0 Å². The molecule has 1 aromatic rings. The zero-order chi connectivity index (χ0) is 19.5. The molecule has 6 heteroatoms.